The zero-order valence-corrected chi connectivity index (χ0v) is 18.0. The fraction of sp³-hybridized carbons (Fsp3) is 0.611. The van der Waals surface area contributed by atoms with E-state index in [1.165, 1.54) is 28.6 Å². The summed E-state index contributed by atoms with van der Waals surface area (Å²) < 4.78 is 23.5. The highest BCUT2D eigenvalue weighted by atomic mass is 32.2. The maximum Gasteiger partial charge on any atom is 0.233 e. The van der Waals surface area contributed by atoms with E-state index in [2.05, 4.69) is 9.97 Å². The van der Waals surface area contributed by atoms with Crippen LogP contribution in [0.4, 0.5) is 0 Å². The molecule has 6 nitrogen and oxygen atoms in total. The van der Waals surface area contributed by atoms with Crippen LogP contribution in [-0.4, -0.2) is 59.0 Å². The summed E-state index contributed by atoms with van der Waals surface area (Å²) in [6.07, 6.45) is 3.89. The van der Waals surface area contributed by atoms with E-state index in [0.717, 1.165) is 33.9 Å². The molecule has 1 aliphatic heterocycles. The van der Waals surface area contributed by atoms with Crippen molar-refractivity contribution in [1.82, 2.24) is 14.9 Å². The average Bonchev–Trinajstić information content (AvgIpc) is 3.27. The number of hydrogen-bond donors (Lipinski definition) is 0. The monoisotopic (exact) mass is 425 g/mol. The Labute approximate surface area is 167 Å². The van der Waals surface area contributed by atoms with Gasteiger partial charge in [0.15, 0.2) is 9.84 Å². The Bertz CT molecular complexity index is 1000. The molecule has 146 valence electrons. The molecular formula is C18H23N3O3S3. The fourth-order valence-corrected chi connectivity index (χ4v) is 8.13. The second kappa shape index (κ2) is 7.33. The smallest absolute Gasteiger partial charge is 0.233 e. The van der Waals surface area contributed by atoms with Crippen molar-refractivity contribution in [2.75, 3.05) is 23.8 Å². The van der Waals surface area contributed by atoms with E-state index >= 15 is 0 Å². The minimum atomic E-state index is -3.00. The number of thioether (sulfide) groups is 1. The fourth-order valence-electron chi connectivity index (χ4n) is 4.04. The summed E-state index contributed by atoms with van der Waals surface area (Å²) in [6, 6.07) is -0.189. The van der Waals surface area contributed by atoms with Crippen LogP contribution in [0.25, 0.3) is 10.2 Å². The van der Waals surface area contributed by atoms with Crippen molar-refractivity contribution >= 4 is 49.1 Å². The topological polar surface area (TPSA) is 80.2 Å². The van der Waals surface area contributed by atoms with Gasteiger partial charge in [0, 0.05) is 22.8 Å². The number of aryl methyl sites for hydroxylation is 3. The van der Waals surface area contributed by atoms with Crippen LogP contribution in [0.15, 0.2) is 5.03 Å². The number of carbonyl (C=O) groups excluding carboxylic acids is 1. The van der Waals surface area contributed by atoms with Gasteiger partial charge < -0.3 is 4.90 Å². The van der Waals surface area contributed by atoms with Crippen LogP contribution in [0.1, 0.15) is 36.0 Å². The summed E-state index contributed by atoms with van der Waals surface area (Å²) in [5.74, 6) is 1.26. The molecule has 2 aromatic rings. The molecule has 0 N–H and O–H groups in total. The highest BCUT2D eigenvalue weighted by Crippen LogP contribution is 2.40. The molecule has 1 aliphatic carbocycles. The third kappa shape index (κ3) is 3.73. The molecule has 27 heavy (non-hydrogen) atoms. The summed E-state index contributed by atoms with van der Waals surface area (Å²) in [5, 5.41) is 2.02. The van der Waals surface area contributed by atoms with Gasteiger partial charge in [0.05, 0.1) is 17.3 Å². The van der Waals surface area contributed by atoms with E-state index in [1.807, 2.05) is 13.8 Å². The number of rotatable bonds is 5. The Hall–Kier alpha value is -1.19. The molecule has 1 saturated heterocycles. The predicted molar refractivity (Wildman–Crippen MR) is 109 cm³/mol. The minimum absolute atomic E-state index is 0.0131. The van der Waals surface area contributed by atoms with Gasteiger partial charge >= 0.3 is 0 Å². The molecule has 1 amide bonds. The molecule has 2 aliphatic rings. The molecule has 0 unspecified atom stereocenters. The first-order valence-corrected chi connectivity index (χ1v) is 12.9. The van der Waals surface area contributed by atoms with Crippen molar-refractivity contribution in [2.45, 2.75) is 50.6 Å². The first-order chi connectivity index (χ1) is 12.9. The van der Waals surface area contributed by atoms with Crippen molar-refractivity contribution < 1.29 is 13.2 Å². The standard InChI is InChI=1S/C18H23N3O3S3/c1-3-21(12-7-8-27(23,24)10-12)15(22)9-25-17-16-13-5-4-6-14(13)26-18(16)20-11(2)19-17/h12H,3-10H2,1-2H3/t12-/m0/s1. The van der Waals surface area contributed by atoms with Crippen LogP contribution in [0.3, 0.4) is 0 Å². The number of nitrogens with zero attached hydrogens (tertiary/aromatic N) is 3. The number of aromatic nitrogens is 2. The van der Waals surface area contributed by atoms with Crippen LogP contribution < -0.4 is 0 Å². The first-order valence-electron chi connectivity index (χ1n) is 9.29. The average molecular weight is 426 g/mol. The summed E-state index contributed by atoms with van der Waals surface area (Å²) in [7, 11) is -3.00. The van der Waals surface area contributed by atoms with E-state index in [4.69, 9.17) is 0 Å². The highest BCUT2D eigenvalue weighted by molar-refractivity contribution is 8.00. The maximum absolute atomic E-state index is 12.8. The number of sulfone groups is 1. The quantitative estimate of drug-likeness (QED) is 0.541. The van der Waals surface area contributed by atoms with Crippen LogP contribution in [-0.2, 0) is 27.5 Å². The van der Waals surface area contributed by atoms with Gasteiger partial charge in [-0.3, -0.25) is 4.79 Å². The van der Waals surface area contributed by atoms with Gasteiger partial charge in [0.2, 0.25) is 5.91 Å². The molecule has 0 bridgehead atoms. The van der Waals surface area contributed by atoms with Crippen LogP contribution in [0, 0.1) is 6.92 Å². The molecule has 0 radical (unpaired) electrons. The number of fused-ring (bicyclic) bond motifs is 3. The molecule has 4 rings (SSSR count). The Morgan fingerprint density at radius 1 is 1.33 bits per heavy atom. The van der Waals surface area contributed by atoms with Crippen LogP contribution in [0.5, 0.6) is 0 Å². The van der Waals surface area contributed by atoms with Crippen molar-refractivity contribution in [3.8, 4) is 0 Å². The van der Waals surface area contributed by atoms with Gasteiger partial charge in [-0.05, 0) is 45.1 Å². The third-order valence-corrected chi connectivity index (χ3v) is 9.18. The molecule has 0 saturated carbocycles. The predicted octanol–water partition coefficient (Wildman–Crippen LogP) is 2.62. The number of hydrogen-bond acceptors (Lipinski definition) is 7. The maximum atomic E-state index is 12.8. The van der Waals surface area contributed by atoms with Crippen LogP contribution >= 0.6 is 23.1 Å². The summed E-state index contributed by atoms with van der Waals surface area (Å²) >= 11 is 3.21. The van der Waals surface area contributed by atoms with E-state index in [0.29, 0.717) is 13.0 Å². The highest BCUT2D eigenvalue weighted by Gasteiger charge is 2.34. The lowest BCUT2D eigenvalue weighted by atomic mass is 10.2. The summed E-state index contributed by atoms with van der Waals surface area (Å²) in [5.41, 5.74) is 1.36. The molecule has 1 fully saturated rings. The minimum Gasteiger partial charge on any atom is -0.338 e. The van der Waals surface area contributed by atoms with Crippen molar-refractivity contribution in [2.24, 2.45) is 0 Å². The van der Waals surface area contributed by atoms with E-state index in [1.54, 1.807) is 16.2 Å². The molecule has 1 atom stereocenters. The van der Waals surface area contributed by atoms with Gasteiger partial charge in [-0.15, -0.1) is 11.3 Å². The first kappa shape index (κ1) is 19.1. The molecule has 3 heterocycles. The Balaban J connectivity index is 1.54. The lowest BCUT2D eigenvalue weighted by Crippen LogP contribution is -2.41. The number of thiophene rings is 1. The zero-order valence-electron chi connectivity index (χ0n) is 15.5. The number of carbonyl (C=O) groups is 1. The lowest BCUT2D eigenvalue weighted by molar-refractivity contribution is -0.129. The SMILES string of the molecule is CCN(C(=O)CSc1nc(C)nc2sc3c(c12)CCC3)[C@H]1CCS(=O)(=O)C1. The molecule has 0 spiro atoms. The van der Waals surface area contributed by atoms with Gasteiger partial charge in [0.25, 0.3) is 0 Å². The number of amides is 1. The second-order valence-corrected chi connectivity index (χ2v) is 11.4. The lowest BCUT2D eigenvalue weighted by Gasteiger charge is -2.26. The van der Waals surface area contributed by atoms with E-state index in [9.17, 15) is 13.2 Å². The normalized spacial score (nSPS) is 20.9. The van der Waals surface area contributed by atoms with Gasteiger partial charge in [-0.2, -0.15) is 0 Å². The molecule has 0 aromatic carbocycles. The van der Waals surface area contributed by atoms with E-state index in [-0.39, 0.29) is 29.2 Å². The molecule has 2 aromatic heterocycles. The van der Waals surface area contributed by atoms with E-state index < -0.39 is 9.84 Å². The van der Waals surface area contributed by atoms with Crippen molar-refractivity contribution in [3.63, 3.8) is 0 Å². The van der Waals surface area contributed by atoms with Gasteiger partial charge in [-0.1, -0.05) is 11.8 Å². The largest absolute Gasteiger partial charge is 0.338 e. The van der Waals surface area contributed by atoms with Gasteiger partial charge in [0.1, 0.15) is 15.7 Å². The summed E-state index contributed by atoms with van der Waals surface area (Å²) in [6.45, 7) is 4.33. The molecular weight excluding hydrogens is 402 g/mol. The Morgan fingerprint density at radius 2 is 2.15 bits per heavy atom. The van der Waals surface area contributed by atoms with Crippen LogP contribution in [0.2, 0.25) is 0 Å². The zero-order chi connectivity index (χ0) is 19.2. The Kier molecular flexibility index (Phi) is 5.20. The second-order valence-electron chi connectivity index (χ2n) is 7.14. The Morgan fingerprint density at radius 3 is 2.85 bits per heavy atom. The summed E-state index contributed by atoms with van der Waals surface area (Å²) in [4.78, 5) is 26.2. The van der Waals surface area contributed by atoms with Crippen molar-refractivity contribution in [3.05, 3.63) is 16.3 Å². The molecule has 9 heteroatoms. The van der Waals surface area contributed by atoms with Gasteiger partial charge in [-0.25, -0.2) is 18.4 Å². The third-order valence-electron chi connectivity index (χ3n) is 5.29. The van der Waals surface area contributed by atoms with Crippen molar-refractivity contribution in [1.29, 1.82) is 0 Å².